The van der Waals surface area contributed by atoms with E-state index in [1.54, 1.807) is 0 Å². The van der Waals surface area contributed by atoms with Gasteiger partial charge in [0.1, 0.15) is 5.76 Å². The molecular formula is C18H18O4. The van der Waals surface area contributed by atoms with Gasteiger partial charge in [-0.15, -0.1) is 0 Å². The molecule has 1 aromatic carbocycles. The van der Waals surface area contributed by atoms with E-state index >= 15 is 0 Å². The number of methoxy groups -OCH3 is 1. The molecular weight excluding hydrogens is 280 g/mol. The van der Waals surface area contributed by atoms with Crippen LogP contribution < -0.4 is 0 Å². The molecule has 22 heavy (non-hydrogen) atoms. The predicted octanol–water partition coefficient (Wildman–Crippen LogP) is 2.94. The van der Waals surface area contributed by atoms with Crippen LogP contribution in [-0.2, 0) is 19.1 Å². The highest BCUT2D eigenvalue weighted by atomic mass is 16.6. The molecule has 1 aliphatic heterocycles. The minimum absolute atomic E-state index is 0.0962. The Hall–Kier alpha value is -2.10. The van der Waals surface area contributed by atoms with Crippen molar-refractivity contribution in [1.82, 2.24) is 0 Å². The molecule has 114 valence electrons. The standard InChI is InChI=1S/C18H18O4/c1-21-16(19)18-10-13(11-6-3-2-4-7-11)15(18)12-8-5-9-14(12)22-17(18)20/h2-4,6-7,13,15H,5,8-10H2,1H3/t13-,15+,18-/m1/s1. The quantitative estimate of drug-likeness (QED) is 0.622. The van der Waals surface area contributed by atoms with Gasteiger partial charge in [-0.1, -0.05) is 30.3 Å². The molecule has 1 heterocycles. The number of ether oxygens (including phenoxy) is 2. The highest BCUT2D eigenvalue weighted by Crippen LogP contribution is 2.64. The van der Waals surface area contributed by atoms with Gasteiger partial charge in [-0.3, -0.25) is 9.59 Å². The van der Waals surface area contributed by atoms with Crippen molar-refractivity contribution in [3.63, 3.8) is 0 Å². The van der Waals surface area contributed by atoms with Crippen molar-refractivity contribution in [3.8, 4) is 0 Å². The molecule has 2 aliphatic carbocycles. The van der Waals surface area contributed by atoms with Crippen molar-refractivity contribution in [2.75, 3.05) is 7.11 Å². The van der Waals surface area contributed by atoms with Gasteiger partial charge in [0.15, 0.2) is 5.41 Å². The smallest absolute Gasteiger partial charge is 0.329 e. The third-order valence-corrected chi connectivity index (χ3v) is 5.42. The van der Waals surface area contributed by atoms with Gasteiger partial charge in [0.2, 0.25) is 0 Å². The lowest BCUT2D eigenvalue weighted by Crippen LogP contribution is -2.60. The summed E-state index contributed by atoms with van der Waals surface area (Å²) in [6, 6.07) is 10.1. The molecule has 0 N–H and O–H groups in total. The second-order valence-electron chi connectivity index (χ2n) is 6.35. The van der Waals surface area contributed by atoms with E-state index < -0.39 is 17.4 Å². The van der Waals surface area contributed by atoms with Gasteiger partial charge < -0.3 is 9.47 Å². The SMILES string of the molecule is COC(=O)[C@@]12C[C@H](c3ccccc3)[C@@H]1C1=C(CCC1)OC2=O. The van der Waals surface area contributed by atoms with E-state index in [1.807, 2.05) is 18.2 Å². The summed E-state index contributed by atoms with van der Waals surface area (Å²) in [5.41, 5.74) is 1.21. The van der Waals surface area contributed by atoms with Crippen molar-refractivity contribution in [2.24, 2.45) is 11.3 Å². The summed E-state index contributed by atoms with van der Waals surface area (Å²) in [5, 5.41) is 0. The zero-order valence-corrected chi connectivity index (χ0v) is 12.5. The van der Waals surface area contributed by atoms with Gasteiger partial charge in [0, 0.05) is 12.3 Å². The van der Waals surface area contributed by atoms with E-state index in [4.69, 9.17) is 9.47 Å². The van der Waals surface area contributed by atoms with Crippen LogP contribution in [0.1, 0.15) is 37.2 Å². The Balaban J connectivity index is 1.80. The Labute approximate surface area is 129 Å². The number of benzene rings is 1. The van der Waals surface area contributed by atoms with Gasteiger partial charge in [-0.25, -0.2) is 0 Å². The van der Waals surface area contributed by atoms with Gasteiger partial charge in [0.05, 0.1) is 7.11 Å². The minimum atomic E-state index is -1.13. The number of allylic oxidation sites excluding steroid dienone is 2. The van der Waals surface area contributed by atoms with E-state index in [9.17, 15) is 9.59 Å². The molecule has 0 aromatic heterocycles. The predicted molar refractivity (Wildman–Crippen MR) is 78.7 cm³/mol. The van der Waals surface area contributed by atoms with Crippen molar-refractivity contribution in [1.29, 1.82) is 0 Å². The Kier molecular flexibility index (Phi) is 2.90. The highest BCUT2D eigenvalue weighted by molar-refractivity contribution is 6.03. The number of hydrogen-bond acceptors (Lipinski definition) is 4. The number of carbonyl (C=O) groups is 2. The molecule has 4 heteroatoms. The molecule has 1 aromatic rings. The number of fused-ring (bicyclic) bond motifs is 2. The summed E-state index contributed by atoms with van der Waals surface area (Å²) in [7, 11) is 1.34. The first-order valence-electron chi connectivity index (χ1n) is 7.76. The maximum absolute atomic E-state index is 12.5. The largest absolute Gasteiger partial charge is 0.468 e. The van der Waals surface area contributed by atoms with Crippen LogP contribution in [-0.4, -0.2) is 19.0 Å². The minimum Gasteiger partial charge on any atom is -0.468 e. The first-order chi connectivity index (χ1) is 10.7. The summed E-state index contributed by atoms with van der Waals surface area (Å²) in [4.78, 5) is 24.9. The Morgan fingerprint density at radius 1 is 1.27 bits per heavy atom. The van der Waals surface area contributed by atoms with Gasteiger partial charge in [-0.05, 0) is 36.3 Å². The lowest BCUT2D eigenvalue weighted by Gasteiger charge is -2.53. The summed E-state index contributed by atoms with van der Waals surface area (Å²) in [5.74, 6) is 0.0258. The van der Waals surface area contributed by atoms with Crippen molar-refractivity contribution < 1.29 is 19.1 Å². The number of carbonyl (C=O) groups excluding carboxylic acids is 2. The van der Waals surface area contributed by atoms with Gasteiger partial charge in [0.25, 0.3) is 0 Å². The topological polar surface area (TPSA) is 52.6 Å². The fraction of sp³-hybridized carbons (Fsp3) is 0.444. The molecule has 4 rings (SSSR count). The van der Waals surface area contributed by atoms with Crippen molar-refractivity contribution in [2.45, 2.75) is 31.6 Å². The monoisotopic (exact) mass is 298 g/mol. The Bertz CT molecular complexity index is 676. The van der Waals surface area contributed by atoms with Crippen LogP contribution in [0.15, 0.2) is 41.7 Å². The summed E-state index contributed by atoms with van der Waals surface area (Å²) < 4.78 is 10.4. The van der Waals surface area contributed by atoms with E-state index in [1.165, 1.54) is 12.7 Å². The summed E-state index contributed by atoms with van der Waals surface area (Å²) >= 11 is 0. The Morgan fingerprint density at radius 3 is 2.77 bits per heavy atom. The second kappa shape index (κ2) is 4.70. The molecule has 4 nitrogen and oxygen atoms in total. The van der Waals surface area contributed by atoms with Crippen LogP contribution in [0.4, 0.5) is 0 Å². The zero-order valence-electron chi connectivity index (χ0n) is 12.5. The molecule has 0 spiro atoms. The van der Waals surface area contributed by atoms with Gasteiger partial charge >= 0.3 is 11.9 Å². The highest BCUT2D eigenvalue weighted by Gasteiger charge is 2.69. The van der Waals surface area contributed by atoms with Crippen molar-refractivity contribution >= 4 is 11.9 Å². The van der Waals surface area contributed by atoms with Crippen LogP contribution in [0.2, 0.25) is 0 Å². The first-order valence-corrected chi connectivity index (χ1v) is 7.76. The second-order valence-corrected chi connectivity index (χ2v) is 6.35. The fourth-order valence-electron chi connectivity index (χ4n) is 4.40. The van der Waals surface area contributed by atoms with Crippen molar-refractivity contribution in [3.05, 3.63) is 47.2 Å². The van der Waals surface area contributed by atoms with E-state index in [0.717, 1.165) is 30.6 Å². The summed E-state index contributed by atoms with van der Waals surface area (Å²) in [6.45, 7) is 0. The van der Waals surface area contributed by atoms with Crippen LogP contribution in [0.5, 0.6) is 0 Å². The normalized spacial score (nSPS) is 32.7. The molecule has 1 fully saturated rings. The molecule has 0 saturated heterocycles. The lowest BCUT2D eigenvalue weighted by molar-refractivity contribution is -0.186. The van der Waals surface area contributed by atoms with Crippen LogP contribution in [0, 0.1) is 11.3 Å². The number of hydrogen-bond donors (Lipinski definition) is 0. The first kappa shape index (κ1) is 13.6. The zero-order chi connectivity index (χ0) is 15.3. The van der Waals surface area contributed by atoms with Crippen LogP contribution in [0.3, 0.4) is 0 Å². The third kappa shape index (κ3) is 1.58. The molecule has 0 radical (unpaired) electrons. The third-order valence-electron chi connectivity index (χ3n) is 5.42. The van der Waals surface area contributed by atoms with E-state index in [2.05, 4.69) is 12.1 Å². The molecule has 0 amide bonds. The average molecular weight is 298 g/mol. The molecule has 0 unspecified atom stereocenters. The number of esters is 2. The van der Waals surface area contributed by atoms with E-state index in [0.29, 0.717) is 6.42 Å². The average Bonchev–Trinajstić information content (AvgIpc) is 2.95. The molecule has 1 saturated carbocycles. The summed E-state index contributed by atoms with van der Waals surface area (Å²) in [6.07, 6.45) is 3.18. The van der Waals surface area contributed by atoms with Crippen LogP contribution in [0.25, 0.3) is 0 Å². The Morgan fingerprint density at radius 2 is 2.05 bits per heavy atom. The molecule has 3 aliphatic rings. The van der Waals surface area contributed by atoms with Crippen LogP contribution >= 0.6 is 0 Å². The van der Waals surface area contributed by atoms with Gasteiger partial charge in [-0.2, -0.15) is 0 Å². The lowest BCUT2D eigenvalue weighted by atomic mass is 9.48. The molecule has 0 bridgehead atoms. The molecule has 3 atom stereocenters. The fourth-order valence-corrected chi connectivity index (χ4v) is 4.40. The number of rotatable bonds is 2. The maximum Gasteiger partial charge on any atom is 0.329 e. The van der Waals surface area contributed by atoms with E-state index in [-0.39, 0.29) is 11.8 Å². The maximum atomic E-state index is 12.5.